The molecular formula is C10H8ClF3N2S. The van der Waals surface area contributed by atoms with Crippen LogP contribution in [0.5, 0.6) is 0 Å². The number of hydrogen-bond acceptors (Lipinski definition) is 1. The van der Waals surface area contributed by atoms with Crippen LogP contribution >= 0.6 is 23.8 Å². The van der Waals surface area contributed by atoms with Crippen molar-refractivity contribution in [2.24, 2.45) is 0 Å². The van der Waals surface area contributed by atoms with Gasteiger partial charge in [0.15, 0.2) is 4.77 Å². The summed E-state index contributed by atoms with van der Waals surface area (Å²) in [5.74, 6) is 0. The number of hydrogen-bond donors (Lipinski definition) is 1. The number of benzene rings is 1. The quantitative estimate of drug-likeness (QED) is 0.813. The molecule has 17 heavy (non-hydrogen) atoms. The van der Waals surface area contributed by atoms with Crippen LogP contribution in [0.25, 0.3) is 11.0 Å². The highest BCUT2D eigenvalue weighted by molar-refractivity contribution is 7.71. The zero-order valence-electron chi connectivity index (χ0n) is 8.51. The smallest absolute Gasteiger partial charge is 0.331 e. The lowest BCUT2D eigenvalue weighted by molar-refractivity contribution is -0.136. The number of nitrogens with one attached hydrogen (secondary N) is 1. The van der Waals surface area contributed by atoms with E-state index in [2.05, 4.69) is 4.98 Å². The van der Waals surface area contributed by atoms with Crippen molar-refractivity contribution >= 4 is 34.9 Å². The molecule has 1 N–H and O–H groups in total. The molecule has 0 amide bonds. The second kappa shape index (κ2) is 4.34. The highest BCUT2D eigenvalue weighted by atomic mass is 35.5. The molecule has 0 spiro atoms. The summed E-state index contributed by atoms with van der Waals surface area (Å²) in [6.07, 6.45) is -5.10. The molecule has 92 valence electrons. The minimum atomic E-state index is -4.19. The SMILES string of the molecule is FC(F)(F)CCn1c(=S)[nH]c2cc(Cl)ccc21. The van der Waals surface area contributed by atoms with Gasteiger partial charge in [0.05, 0.1) is 17.5 Å². The van der Waals surface area contributed by atoms with Gasteiger partial charge >= 0.3 is 6.18 Å². The van der Waals surface area contributed by atoms with E-state index < -0.39 is 12.6 Å². The topological polar surface area (TPSA) is 20.7 Å². The number of aromatic amines is 1. The molecule has 0 saturated carbocycles. The Balaban J connectivity index is 2.40. The molecule has 7 heteroatoms. The van der Waals surface area contributed by atoms with Crippen molar-refractivity contribution in [3.63, 3.8) is 0 Å². The molecule has 1 aromatic heterocycles. The van der Waals surface area contributed by atoms with Crippen molar-refractivity contribution in [3.8, 4) is 0 Å². The van der Waals surface area contributed by atoms with Gasteiger partial charge in [0.2, 0.25) is 0 Å². The van der Waals surface area contributed by atoms with E-state index in [0.717, 1.165) is 0 Å². The van der Waals surface area contributed by atoms with Crippen molar-refractivity contribution in [1.29, 1.82) is 0 Å². The number of aromatic nitrogens is 2. The molecular weight excluding hydrogens is 273 g/mol. The fourth-order valence-corrected chi connectivity index (χ4v) is 2.07. The number of rotatable bonds is 2. The third kappa shape index (κ3) is 2.81. The van der Waals surface area contributed by atoms with Crippen LogP contribution in [0.4, 0.5) is 13.2 Å². The fraction of sp³-hybridized carbons (Fsp3) is 0.300. The van der Waals surface area contributed by atoms with Crippen LogP contribution in [0.1, 0.15) is 6.42 Å². The van der Waals surface area contributed by atoms with Gasteiger partial charge in [-0.25, -0.2) is 0 Å². The monoisotopic (exact) mass is 280 g/mol. The fourth-order valence-electron chi connectivity index (χ4n) is 1.60. The van der Waals surface area contributed by atoms with Gasteiger partial charge in [-0.3, -0.25) is 0 Å². The normalized spacial score (nSPS) is 12.2. The first-order chi connectivity index (χ1) is 7.87. The van der Waals surface area contributed by atoms with Crippen molar-refractivity contribution in [3.05, 3.63) is 28.0 Å². The summed E-state index contributed by atoms with van der Waals surface area (Å²) in [6, 6.07) is 4.91. The highest BCUT2D eigenvalue weighted by Crippen LogP contribution is 2.23. The minimum Gasteiger partial charge on any atom is -0.331 e. The molecule has 0 fully saturated rings. The Hall–Kier alpha value is -1.01. The summed E-state index contributed by atoms with van der Waals surface area (Å²) < 4.78 is 38.2. The number of H-pyrrole nitrogens is 1. The molecule has 0 unspecified atom stereocenters. The van der Waals surface area contributed by atoms with E-state index in [0.29, 0.717) is 16.1 Å². The molecule has 0 bridgehead atoms. The predicted octanol–water partition coefficient (Wildman–Crippen LogP) is 4.30. The van der Waals surface area contributed by atoms with E-state index in [1.165, 1.54) is 4.57 Å². The molecule has 2 nitrogen and oxygen atoms in total. The Morgan fingerprint density at radius 1 is 1.35 bits per heavy atom. The summed E-state index contributed by atoms with van der Waals surface area (Å²) in [4.78, 5) is 2.83. The average molecular weight is 281 g/mol. The zero-order chi connectivity index (χ0) is 12.6. The summed E-state index contributed by atoms with van der Waals surface area (Å²) >= 11 is 10.8. The van der Waals surface area contributed by atoms with Gasteiger partial charge in [0.1, 0.15) is 0 Å². The molecule has 0 aliphatic heterocycles. The summed E-state index contributed by atoms with van der Waals surface area (Å²) in [7, 11) is 0. The van der Waals surface area contributed by atoms with Gasteiger partial charge < -0.3 is 9.55 Å². The minimum absolute atomic E-state index is 0.191. The van der Waals surface area contributed by atoms with E-state index >= 15 is 0 Å². The van der Waals surface area contributed by atoms with Crippen molar-refractivity contribution < 1.29 is 13.2 Å². The number of halogens is 4. The number of alkyl halides is 3. The summed E-state index contributed by atoms with van der Waals surface area (Å²) in [6.45, 7) is -0.191. The number of nitrogens with zero attached hydrogens (tertiary/aromatic N) is 1. The van der Waals surface area contributed by atoms with Crippen LogP contribution in [0.3, 0.4) is 0 Å². The first-order valence-electron chi connectivity index (χ1n) is 4.82. The Kier molecular flexibility index (Phi) is 3.18. The Bertz CT molecular complexity index is 600. The second-order valence-electron chi connectivity index (χ2n) is 3.61. The van der Waals surface area contributed by atoms with Crippen LogP contribution in [0.15, 0.2) is 18.2 Å². The third-order valence-corrected chi connectivity index (χ3v) is 2.91. The summed E-state index contributed by atoms with van der Waals surface area (Å²) in [5, 5.41) is 0.511. The molecule has 1 heterocycles. The van der Waals surface area contributed by atoms with Crippen LogP contribution in [-0.2, 0) is 6.54 Å². The molecule has 0 atom stereocenters. The van der Waals surface area contributed by atoms with E-state index in [-0.39, 0.29) is 11.3 Å². The number of imidazole rings is 1. The zero-order valence-corrected chi connectivity index (χ0v) is 10.1. The standard InChI is InChI=1S/C10H8ClF3N2S/c11-6-1-2-8-7(5-6)15-9(17)16(8)4-3-10(12,13)14/h1-2,5H,3-4H2,(H,15,17). The average Bonchev–Trinajstić information content (AvgIpc) is 2.48. The largest absolute Gasteiger partial charge is 0.390 e. The first-order valence-corrected chi connectivity index (χ1v) is 5.60. The van der Waals surface area contributed by atoms with Crippen molar-refractivity contribution in [2.45, 2.75) is 19.1 Å². The van der Waals surface area contributed by atoms with Crippen LogP contribution in [0.2, 0.25) is 5.02 Å². The Morgan fingerprint density at radius 2 is 2.06 bits per heavy atom. The molecule has 2 rings (SSSR count). The Morgan fingerprint density at radius 3 is 2.71 bits per heavy atom. The maximum absolute atomic E-state index is 12.2. The molecule has 0 aliphatic rings. The lowest BCUT2D eigenvalue weighted by atomic mass is 10.3. The molecule has 1 aromatic carbocycles. The number of aryl methyl sites for hydroxylation is 1. The molecule has 0 saturated heterocycles. The van der Waals surface area contributed by atoms with Gasteiger partial charge in [-0.1, -0.05) is 11.6 Å². The lowest BCUT2D eigenvalue weighted by Gasteiger charge is -2.07. The lowest BCUT2D eigenvalue weighted by Crippen LogP contribution is -2.12. The van der Waals surface area contributed by atoms with E-state index in [1.807, 2.05) is 0 Å². The Labute approximate surface area is 105 Å². The van der Waals surface area contributed by atoms with Gasteiger partial charge in [-0.2, -0.15) is 13.2 Å². The summed E-state index contributed by atoms with van der Waals surface area (Å²) in [5.41, 5.74) is 1.27. The van der Waals surface area contributed by atoms with Crippen molar-refractivity contribution in [2.75, 3.05) is 0 Å². The second-order valence-corrected chi connectivity index (χ2v) is 4.43. The highest BCUT2D eigenvalue weighted by Gasteiger charge is 2.27. The predicted molar refractivity (Wildman–Crippen MR) is 62.8 cm³/mol. The first kappa shape index (κ1) is 12.4. The third-order valence-electron chi connectivity index (χ3n) is 2.36. The number of fused-ring (bicyclic) bond motifs is 1. The van der Waals surface area contributed by atoms with Gasteiger partial charge in [-0.15, -0.1) is 0 Å². The van der Waals surface area contributed by atoms with Gasteiger partial charge in [0, 0.05) is 11.6 Å². The van der Waals surface area contributed by atoms with Crippen LogP contribution in [0, 0.1) is 4.77 Å². The van der Waals surface area contributed by atoms with E-state index in [1.54, 1.807) is 18.2 Å². The van der Waals surface area contributed by atoms with Crippen LogP contribution < -0.4 is 0 Å². The maximum Gasteiger partial charge on any atom is 0.390 e. The van der Waals surface area contributed by atoms with E-state index in [9.17, 15) is 13.2 Å². The van der Waals surface area contributed by atoms with Gasteiger partial charge in [0.25, 0.3) is 0 Å². The van der Waals surface area contributed by atoms with Crippen molar-refractivity contribution in [1.82, 2.24) is 9.55 Å². The molecule has 0 radical (unpaired) electrons. The van der Waals surface area contributed by atoms with Crippen LogP contribution in [-0.4, -0.2) is 15.7 Å². The maximum atomic E-state index is 12.2. The molecule has 2 aromatic rings. The van der Waals surface area contributed by atoms with Gasteiger partial charge in [-0.05, 0) is 30.4 Å². The molecule has 0 aliphatic carbocycles. The van der Waals surface area contributed by atoms with E-state index in [4.69, 9.17) is 23.8 Å².